The van der Waals surface area contributed by atoms with Crippen molar-refractivity contribution >= 4 is 39.5 Å². The van der Waals surface area contributed by atoms with Crippen molar-refractivity contribution in [3.05, 3.63) is 64.5 Å². The van der Waals surface area contributed by atoms with Crippen LogP contribution in [0.3, 0.4) is 0 Å². The molecule has 2 amide bonds. The number of carbonyl (C=O) groups is 3. The van der Waals surface area contributed by atoms with Crippen LogP contribution >= 0.6 is 0 Å². The Morgan fingerprint density at radius 1 is 1.17 bits per heavy atom. The van der Waals surface area contributed by atoms with Gasteiger partial charge in [0.15, 0.2) is 12.3 Å². The first kappa shape index (κ1) is 30.6. The molecule has 2 aromatic rings. The zero-order valence-electron chi connectivity index (χ0n) is 22.2. The van der Waals surface area contributed by atoms with Gasteiger partial charge in [-0.2, -0.15) is 0 Å². The molecule has 4 radical (unpaired) electrons. The lowest BCUT2D eigenvalue weighted by Gasteiger charge is -2.42. The van der Waals surface area contributed by atoms with E-state index >= 15 is 4.39 Å². The van der Waals surface area contributed by atoms with Gasteiger partial charge in [-0.15, -0.1) is 0 Å². The molecule has 2 aliphatic rings. The third kappa shape index (κ3) is 5.61. The van der Waals surface area contributed by atoms with Crippen LogP contribution in [0.15, 0.2) is 36.4 Å². The summed E-state index contributed by atoms with van der Waals surface area (Å²) >= 11 is 0. The van der Waals surface area contributed by atoms with Crippen LogP contribution in [0.2, 0.25) is 0 Å². The van der Waals surface area contributed by atoms with E-state index in [1.54, 1.807) is 17.0 Å². The van der Waals surface area contributed by atoms with E-state index < -0.39 is 46.9 Å². The Morgan fingerprint density at radius 3 is 2.46 bits per heavy atom. The second-order valence-electron chi connectivity index (χ2n) is 9.94. The molecular weight excluding hydrogens is 537 g/mol. The number of ether oxygens (including phenoxy) is 1. The van der Waals surface area contributed by atoms with Gasteiger partial charge in [0.1, 0.15) is 5.82 Å². The van der Waals surface area contributed by atoms with Gasteiger partial charge in [0.2, 0.25) is 5.91 Å². The first-order chi connectivity index (χ1) is 19.3. The molecule has 214 valence electrons. The lowest BCUT2D eigenvalue weighted by Crippen LogP contribution is -2.70. The summed E-state index contributed by atoms with van der Waals surface area (Å²) in [6, 6.07) is 6.66. The SMILES string of the molecule is [B]C([B])(c1ccc(CNc2cccc3c2CN([C@H](C(=O)NC)C(O)(O)C(O)(O)C=O)C3=O)c(F)c1)N1CCOCC1. The number of halogens is 1. The lowest BCUT2D eigenvalue weighted by atomic mass is 9.56. The van der Waals surface area contributed by atoms with E-state index in [1.807, 2.05) is 0 Å². The molecule has 15 heteroatoms. The molecular formula is C26H29B2FN4O8. The number of aldehydes is 1. The van der Waals surface area contributed by atoms with Crippen LogP contribution in [0.4, 0.5) is 10.1 Å². The maximum absolute atomic E-state index is 15.1. The van der Waals surface area contributed by atoms with E-state index in [1.165, 1.54) is 24.3 Å². The molecule has 2 heterocycles. The fraction of sp³-hybridized carbons (Fsp3) is 0.423. The maximum Gasteiger partial charge on any atom is 0.279 e. The standard InChI is InChI=1S/C26H29B2FN4O8/c1-30-22(35)21(25(39,40)24(37,38)14-34)33-13-18-17(23(33)36)3-2-4-20(18)31-12-15-5-6-16(11-19(15)29)26(27,28)32-7-9-41-10-8-32/h2-6,11,14,21,31,37-40H,7-10,12-13H2,1H3,(H,30,35)/t21-/m1/s1. The van der Waals surface area contributed by atoms with Crippen LogP contribution in [0, 0.1) is 5.82 Å². The van der Waals surface area contributed by atoms with Gasteiger partial charge < -0.3 is 45.6 Å². The van der Waals surface area contributed by atoms with Crippen molar-refractivity contribution in [2.24, 2.45) is 0 Å². The minimum atomic E-state index is -3.78. The number of benzene rings is 2. The van der Waals surface area contributed by atoms with Crippen molar-refractivity contribution in [3.63, 3.8) is 0 Å². The number of likely N-dealkylation sites (N-methyl/N-ethyl adjacent to an activating group) is 1. The fourth-order valence-corrected chi connectivity index (χ4v) is 4.94. The number of hydrogen-bond donors (Lipinski definition) is 6. The minimum absolute atomic E-state index is 0.0270. The molecule has 0 aliphatic carbocycles. The molecule has 4 rings (SSSR count). The van der Waals surface area contributed by atoms with Crippen molar-refractivity contribution in [1.82, 2.24) is 15.1 Å². The Labute approximate surface area is 237 Å². The number of nitrogens with zero attached hydrogens (tertiary/aromatic N) is 2. The van der Waals surface area contributed by atoms with Crippen molar-refractivity contribution in [2.45, 2.75) is 36.0 Å². The van der Waals surface area contributed by atoms with Gasteiger partial charge >= 0.3 is 0 Å². The van der Waals surface area contributed by atoms with Crippen molar-refractivity contribution in [1.29, 1.82) is 0 Å². The highest BCUT2D eigenvalue weighted by Crippen LogP contribution is 2.35. The summed E-state index contributed by atoms with van der Waals surface area (Å²) in [6.45, 7) is 1.50. The first-order valence-corrected chi connectivity index (χ1v) is 12.7. The van der Waals surface area contributed by atoms with E-state index in [0.717, 1.165) is 7.05 Å². The largest absolute Gasteiger partial charge is 0.381 e. The number of anilines is 1. The summed E-state index contributed by atoms with van der Waals surface area (Å²) in [5, 5.41) is 44.4. The normalized spacial score (nSPS) is 17.2. The number of morpholine rings is 1. The minimum Gasteiger partial charge on any atom is -0.381 e. The summed E-state index contributed by atoms with van der Waals surface area (Å²) in [5.74, 6) is -10.1. The molecule has 0 unspecified atom stereocenters. The van der Waals surface area contributed by atoms with E-state index in [4.69, 9.17) is 20.4 Å². The Morgan fingerprint density at radius 2 is 1.85 bits per heavy atom. The van der Waals surface area contributed by atoms with Gasteiger partial charge in [-0.1, -0.05) is 18.2 Å². The number of nitrogens with one attached hydrogen (secondary N) is 2. The summed E-state index contributed by atoms with van der Waals surface area (Å²) in [7, 11) is 13.8. The lowest BCUT2D eigenvalue weighted by molar-refractivity contribution is -0.345. The average Bonchev–Trinajstić information content (AvgIpc) is 3.28. The molecule has 0 spiro atoms. The Bertz CT molecular complexity index is 1340. The summed E-state index contributed by atoms with van der Waals surface area (Å²) in [6.07, 6.45) is -0.566. The summed E-state index contributed by atoms with van der Waals surface area (Å²) < 4.78 is 20.4. The van der Waals surface area contributed by atoms with Gasteiger partial charge in [0, 0.05) is 55.6 Å². The number of amides is 2. The third-order valence-corrected chi connectivity index (χ3v) is 7.41. The molecule has 0 aromatic heterocycles. The van der Waals surface area contributed by atoms with Gasteiger partial charge in [-0.25, -0.2) is 4.39 Å². The summed E-state index contributed by atoms with van der Waals surface area (Å²) in [4.78, 5) is 39.4. The Hall–Kier alpha value is -3.33. The fourth-order valence-electron chi connectivity index (χ4n) is 4.94. The molecule has 2 aromatic carbocycles. The predicted molar refractivity (Wildman–Crippen MR) is 144 cm³/mol. The smallest absolute Gasteiger partial charge is 0.279 e. The van der Waals surface area contributed by atoms with Gasteiger partial charge in [0.05, 0.1) is 28.9 Å². The highest BCUT2D eigenvalue weighted by atomic mass is 19.1. The second kappa shape index (κ2) is 11.5. The van der Waals surface area contributed by atoms with Crippen LogP contribution < -0.4 is 10.6 Å². The Kier molecular flexibility index (Phi) is 8.60. The summed E-state index contributed by atoms with van der Waals surface area (Å²) in [5.41, 5.74) is 1.40. The van der Waals surface area contributed by atoms with Crippen molar-refractivity contribution in [2.75, 3.05) is 38.7 Å². The molecule has 1 atom stereocenters. The van der Waals surface area contributed by atoms with E-state index in [2.05, 4.69) is 10.6 Å². The van der Waals surface area contributed by atoms with Gasteiger partial charge in [-0.3, -0.25) is 14.4 Å². The van der Waals surface area contributed by atoms with E-state index in [-0.39, 0.29) is 24.2 Å². The second-order valence-corrected chi connectivity index (χ2v) is 9.94. The molecule has 6 N–H and O–H groups in total. The number of carbonyl (C=O) groups excluding carboxylic acids is 3. The molecule has 0 saturated carbocycles. The molecule has 2 aliphatic heterocycles. The van der Waals surface area contributed by atoms with Gasteiger partial charge in [0.25, 0.3) is 17.5 Å². The number of aliphatic hydroxyl groups is 4. The number of hydrogen-bond acceptors (Lipinski definition) is 10. The quantitative estimate of drug-likeness (QED) is 0.106. The van der Waals surface area contributed by atoms with Crippen LogP contribution in [0.5, 0.6) is 0 Å². The number of rotatable bonds is 10. The molecule has 1 fully saturated rings. The van der Waals surface area contributed by atoms with Crippen molar-refractivity contribution in [3.8, 4) is 0 Å². The van der Waals surface area contributed by atoms with E-state index in [0.29, 0.717) is 48.0 Å². The highest BCUT2D eigenvalue weighted by molar-refractivity contribution is 6.39. The Balaban J connectivity index is 1.56. The zero-order chi connectivity index (χ0) is 30.2. The number of fused-ring (bicyclic) bond motifs is 1. The third-order valence-electron chi connectivity index (χ3n) is 7.41. The molecule has 0 bridgehead atoms. The highest BCUT2D eigenvalue weighted by Gasteiger charge is 2.60. The van der Waals surface area contributed by atoms with Gasteiger partial charge in [-0.05, 0) is 29.1 Å². The maximum atomic E-state index is 15.1. The van der Waals surface area contributed by atoms with Crippen LogP contribution in [-0.4, -0.2) is 115 Å². The predicted octanol–water partition coefficient (Wildman–Crippen LogP) is -2.15. The molecule has 41 heavy (non-hydrogen) atoms. The average molecular weight is 566 g/mol. The molecule has 12 nitrogen and oxygen atoms in total. The van der Waals surface area contributed by atoms with Crippen molar-refractivity contribution < 1.29 is 43.9 Å². The molecule has 1 saturated heterocycles. The van der Waals surface area contributed by atoms with E-state index in [9.17, 15) is 34.8 Å². The van der Waals surface area contributed by atoms with Crippen LogP contribution in [0.25, 0.3) is 0 Å². The zero-order valence-corrected chi connectivity index (χ0v) is 22.2. The topological polar surface area (TPSA) is 172 Å². The van der Waals surface area contributed by atoms with Crippen LogP contribution in [-0.2, 0) is 32.8 Å². The monoisotopic (exact) mass is 566 g/mol. The van der Waals surface area contributed by atoms with Crippen LogP contribution in [0.1, 0.15) is 27.0 Å². The first-order valence-electron chi connectivity index (χ1n) is 12.7.